The van der Waals surface area contributed by atoms with Crippen LogP contribution in [0.4, 0.5) is 0 Å². The van der Waals surface area contributed by atoms with Crippen molar-refractivity contribution < 1.29 is 4.79 Å². The molecule has 2 heteroatoms. The highest BCUT2D eigenvalue weighted by Crippen LogP contribution is 2.10. The number of carbonyl (C=O) groups is 1. The highest BCUT2D eigenvalue weighted by atomic mass is 16.1. The Balaban J connectivity index is 2.98. The Morgan fingerprint density at radius 1 is 1.23 bits per heavy atom. The van der Waals surface area contributed by atoms with Gasteiger partial charge in [0.25, 0.3) is 0 Å². The lowest BCUT2D eigenvalue weighted by Gasteiger charge is -2.06. The smallest absolute Gasteiger partial charge is 0.152 e. The molecule has 0 saturated carbocycles. The maximum Gasteiger partial charge on any atom is 0.152 e. The van der Waals surface area contributed by atoms with E-state index >= 15 is 0 Å². The second-order valence-electron chi connectivity index (χ2n) is 3.03. The average molecular weight is 175 g/mol. The highest BCUT2D eigenvalue weighted by molar-refractivity contribution is 6.06. The van der Waals surface area contributed by atoms with Gasteiger partial charge in [-0.15, -0.1) is 0 Å². The largest absolute Gasteiger partial charge is 0.383 e. The Labute approximate surface area is 78.5 Å². The van der Waals surface area contributed by atoms with Gasteiger partial charge in [-0.05, 0) is 5.56 Å². The number of nitrogens with zero attached hydrogens (tertiary/aromatic N) is 1. The maximum absolute atomic E-state index is 10.7. The Morgan fingerprint density at radius 3 is 2.31 bits per heavy atom. The predicted octanol–water partition coefficient (Wildman–Crippen LogP) is 1.79. The van der Waals surface area contributed by atoms with Gasteiger partial charge in [0.05, 0.1) is 0 Å². The molecule has 0 aromatic heterocycles. The van der Waals surface area contributed by atoms with Crippen LogP contribution in [-0.2, 0) is 4.79 Å². The van der Waals surface area contributed by atoms with Gasteiger partial charge >= 0.3 is 0 Å². The van der Waals surface area contributed by atoms with Crippen molar-refractivity contribution in [1.82, 2.24) is 4.90 Å². The van der Waals surface area contributed by atoms with Gasteiger partial charge < -0.3 is 4.90 Å². The zero-order valence-electron chi connectivity index (χ0n) is 7.90. The second kappa shape index (κ2) is 4.45. The quantitative estimate of drug-likeness (QED) is 0.515. The third kappa shape index (κ3) is 2.75. The summed E-state index contributed by atoms with van der Waals surface area (Å²) in [5, 5.41) is 0. The SMILES string of the molecule is CN(C)/C=C(\C=O)c1ccccc1. The summed E-state index contributed by atoms with van der Waals surface area (Å²) in [6.07, 6.45) is 2.68. The molecule has 13 heavy (non-hydrogen) atoms. The van der Waals surface area contributed by atoms with Crippen LogP contribution in [-0.4, -0.2) is 25.3 Å². The van der Waals surface area contributed by atoms with Crippen molar-refractivity contribution >= 4 is 11.9 Å². The van der Waals surface area contributed by atoms with Crippen molar-refractivity contribution in [3.05, 3.63) is 42.1 Å². The van der Waals surface area contributed by atoms with Crippen molar-refractivity contribution in [3.8, 4) is 0 Å². The first-order valence-electron chi connectivity index (χ1n) is 4.13. The molecule has 0 amide bonds. The summed E-state index contributed by atoms with van der Waals surface area (Å²) in [6.45, 7) is 0. The van der Waals surface area contributed by atoms with E-state index < -0.39 is 0 Å². The zero-order chi connectivity index (χ0) is 9.68. The van der Waals surface area contributed by atoms with Crippen LogP contribution >= 0.6 is 0 Å². The van der Waals surface area contributed by atoms with Crippen molar-refractivity contribution in [1.29, 1.82) is 0 Å². The molecule has 0 atom stereocenters. The van der Waals surface area contributed by atoms with E-state index in [0.29, 0.717) is 5.57 Å². The normalized spacial score (nSPS) is 11.1. The van der Waals surface area contributed by atoms with Crippen LogP contribution < -0.4 is 0 Å². The molecule has 0 aliphatic heterocycles. The zero-order valence-corrected chi connectivity index (χ0v) is 7.90. The lowest BCUT2D eigenvalue weighted by molar-refractivity contribution is -0.103. The standard InChI is InChI=1S/C11H13NO/c1-12(2)8-11(9-13)10-6-4-3-5-7-10/h3-9H,1-2H3/b11-8+. The fraction of sp³-hybridized carbons (Fsp3) is 0.182. The van der Waals surface area contributed by atoms with Crippen LogP contribution in [0.3, 0.4) is 0 Å². The molecular weight excluding hydrogens is 162 g/mol. The topological polar surface area (TPSA) is 20.3 Å². The molecule has 0 heterocycles. The first-order chi connectivity index (χ1) is 6.24. The van der Waals surface area contributed by atoms with E-state index in [2.05, 4.69) is 0 Å². The minimum Gasteiger partial charge on any atom is -0.383 e. The number of carbonyl (C=O) groups excluding carboxylic acids is 1. The van der Waals surface area contributed by atoms with Gasteiger partial charge in [0, 0.05) is 25.9 Å². The first kappa shape index (κ1) is 9.52. The van der Waals surface area contributed by atoms with Crippen LogP contribution in [0.2, 0.25) is 0 Å². The number of rotatable bonds is 3. The van der Waals surface area contributed by atoms with E-state index in [1.54, 1.807) is 0 Å². The molecule has 0 unspecified atom stereocenters. The molecule has 1 aromatic carbocycles. The van der Waals surface area contributed by atoms with Gasteiger partial charge in [-0.3, -0.25) is 4.79 Å². The number of benzene rings is 1. The predicted molar refractivity (Wildman–Crippen MR) is 54.2 cm³/mol. The summed E-state index contributed by atoms with van der Waals surface area (Å²) in [4.78, 5) is 12.6. The average Bonchev–Trinajstić information content (AvgIpc) is 2.15. The van der Waals surface area contributed by atoms with Crippen molar-refractivity contribution in [3.63, 3.8) is 0 Å². The lowest BCUT2D eigenvalue weighted by Crippen LogP contribution is -2.03. The molecule has 1 rings (SSSR count). The summed E-state index contributed by atoms with van der Waals surface area (Å²) in [7, 11) is 3.79. The molecule has 1 aromatic rings. The summed E-state index contributed by atoms with van der Waals surface area (Å²) in [5.74, 6) is 0. The number of hydrogen-bond acceptors (Lipinski definition) is 2. The molecule has 2 nitrogen and oxygen atoms in total. The van der Waals surface area contributed by atoms with E-state index in [9.17, 15) is 4.79 Å². The molecule has 0 bridgehead atoms. The first-order valence-corrected chi connectivity index (χ1v) is 4.13. The van der Waals surface area contributed by atoms with Gasteiger partial charge in [-0.25, -0.2) is 0 Å². The Morgan fingerprint density at radius 2 is 1.85 bits per heavy atom. The van der Waals surface area contributed by atoms with Crippen LogP contribution in [0.15, 0.2) is 36.5 Å². The summed E-state index contributed by atoms with van der Waals surface area (Å²) < 4.78 is 0. The summed E-state index contributed by atoms with van der Waals surface area (Å²) in [6, 6.07) is 9.61. The monoisotopic (exact) mass is 175 g/mol. The van der Waals surface area contributed by atoms with Gasteiger partial charge in [-0.1, -0.05) is 30.3 Å². The Bertz CT molecular complexity index is 301. The molecule has 0 radical (unpaired) electrons. The van der Waals surface area contributed by atoms with E-state index in [4.69, 9.17) is 0 Å². The molecule has 0 spiro atoms. The minimum absolute atomic E-state index is 0.700. The minimum atomic E-state index is 0.700. The number of hydrogen-bond donors (Lipinski definition) is 0. The molecule has 0 fully saturated rings. The van der Waals surface area contributed by atoms with Crippen LogP contribution in [0.5, 0.6) is 0 Å². The van der Waals surface area contributed by atoms with Crippen LogP contribution in [0, 0.1) is 0 Å². The van der Waals surface area contributed by atoms with Gasteiger partial charge in [0.2, 0.25) is 0 Å². The Hall–Kier alpha value is -1.57. The van der Waals surface area contributed by atoms with Crippen LogP contribution in [0.25, 0.3) is 5.57 Å². The van der Waals surface area contributed by atoms with Crippen molar-refractivity contribution in [2.75, 3.05) is 14.1 Å². The van der Waals surface area contributed by atoms with E-state index in [-0.39, 0.29) is 0 Å². The van der Waals surface area contributed by atoms with Gasteiger partial charge in [0.1, 0.15) is 0 Å². The fourth-order valence-electron chi connectivity index (χ4n) is 1.08. The van der Waals surface area contributed by atoms with Crippen molar-refractivity contribution in [2.45, 2.75) is 0 Å². The van der Waals surface area contributed by atoms with E-state index in [0.717, 1.165) is 11.8 Å². The van der Waals surface area contributed by atoms with Gasteiger partial charge in [-0.2, -0.15) is 0 Å². The maximum atomic E-state index is 10.7. The second-order valence-corrected chi connectivity index (χ2v) is 3.03. The molecule has 0 aliphatic carbocycles. The number of aldehydes is 1. The lowest BCUT2D eigenvalue weighted by atomic mass is 10.1. The third-order valence-corrected chi connectivity index (χ3v) is 1.63. The van der Waals surface area contributed by atoms with Crippen LogP contribution in [0.1, 0.15) is 5.56 Å². The molecule has 68 valence electrons. The molecule has 0 aliphatic rings. The fourth-order valence-corrected chi connectivity index (χ4v) is 1.08. The summed E-state index contributed by atoms with van der Waals surface area (Å²) in [5.41, 5.74) is 1.65. The van der Waals surface area contributed by atoms with Crippen molar-refractivity contribution in [2.24, 2.45) is 0 Å². The number of allylic oxidation sites excluding steroid dienone is 1. The molecule has 0 N–H and O–H groups in total. The van der Waals surface area contributed by atoms with Gasteiger partial charge in [0.15, 0.2) is 6.29 Å². The molecular formula is C11H13NO. The Kier molecular flexibility index (Phi) is 3.26. The highest BCUT2D eigenvalue weighted by Gasteiger charge is 1.98. The van der Waals surface area contributed by atoms with E-state index in [1.807, 2.05) is 55.5 Å². The molecule has 0 saturated heterocycles. The summed E-state index contributed by atoms with van der Waals surface area (Å²) >= 11 is 0. The van der Waals surface area contributed by atoms with E-state index in [1.165, 1.54) is 0 Å². The third-order valence-electron chi connectivity index (χ3n) is 1.63.